The van der Waals surface area contributed by atoms with Crippen LogP contribution in [0.15, 0.2) is 0 Å². The number of hydrogen-bond acceptors (Lipinski definition) is 4. The van der Waals surface area contributed by atoms with Gasteiger partial charge in [-0.25, -0.2) is 0 Å². The molecule has 0 aliphatic heterocycles. The lowest BCUT2D eigenvalue weighted by atomic mass is 9.77. The molecule has 0 spiro atoms. The first kappa shape index (κ1) is 11.9. The Morgan fingerprint density at radius 1 is 1.64 bits per heavy atom. The van der Waals surface area contributed by atoms with Crippen LogP contribution < -0.4 is 5.73 Å². The SMILES string of the molecule is COC(=O)C1(N)CCC(C)C(SC)C1. The number of rotatable bonds is 2. The Kier molecular flexibility index (Phi) is 3.84. The maximum Gasteiger partial charge on any atom is 0.325 e. The summed E-state index contributed by atoms with van der Waals surface area (Å²) in [5.74, 6) is 0.384. The Hall–Kier alpha value is -0.220. The molecule has 1 fully saturated rings. The molecule has 2 N–H and O–H groups in total. The molecule has 0 aromatic carbocycles. The molecule has 0 aromatic rings. The maximum atomic E-state index is 11.5. The summed E-state index contributed by atoms with van der Waals surface area (Å²) in [5.41, 5.74) is 5.31. The molecule has 0 saturated heterocycles. The zero-order valence-corrected chi connectivity index (χ0v) is 9.89. The Morgan fingerprint density at radius 2 is 2.29 bits per heavy atom. The normalized spacial score (nSPS) is 38.0. The Balaban J connectivity index is 2.69. The van der Waals surface area contributed by atoms with Gasteiger partial charge in [-0.3, -0.25) is 4.79 Å². The molecule has 1 saturated carbocycles. The summed E-state index contributed by atoms with van der Waals surface area (Å²) < 4.78 is 4.75. The van der Waals surface area contributed by atoms with Gasteiger partial charge in [0, 0.05) is 5.25 Å². The third-order valence-electron chi connectivity index (χ3n) is 3.14. The first-order valence-corrected chi connectivity index (χ1v) is 6.22. The molecule has 0 aromatic heterocycles. The van der Waals surface area contributed by atoms with E-state index in [1.165, 1.54) is 7.11 Å². The van der Waals surface area contributed by atoms with E-state index in [9.17, 15) is 4.79 Å². The molecule has 0 radical (unpaired) electrons. The van der Waals surface area contributed by atoms with Crippen molar-refractivity contribution in [3.05, 3.63) is 0 Å². The lowest BCUT2D eigenvalue weighted by Crippen LogP contribution is -2.54. The van der Waals surface area contributed by atoms with Crippen LogP contribution in [0.3, 0.4) is 0 Å². The van der Waals surface area contributed by atoms with Crippen molar-refractivity contribution in [1.29, 1.82) is 0 Å². The van der Waals surface area contributed by atoms with Crippen LogP contribution in [-0.2, 0) is 9.53 Å². The van der Waals surface area contributed by atoms with Crippen LogP contribution in [0.25, 0.3) is 0 Å². The molecule has 0 amide bonds. The summed E-state index contributed by atoms with van der Waals surface area (Å²) in [7, 11) is 1.41. The molecule has 0 heterocycles. The van der Waals surface area contributed by atoms with Crippen molar-refractivity contribution in [2.75, 3.05) is 13.4 Å². The van der Waals surface area contributed by atoms with E-state index in [2.05, 4.69) is 13.2 Å². The monoisotopic (exact) mass is 217 g/mol. The molecule has 1 aliphatic carbocycles. The van der Waals surface area contributed by atoms with Gasteiger partial charge in [-0.2, -0.15) is 11.8 Å². The highest BCUT2D eigenvalue weighted by Crippen LogP contribution is 2.36. The number of thioether (sulfide) groups is 1. The molecule has 1 aliphatic rings. The second kappa shape index (κ2) is 4.53. The Morgan fingerprint density at radius 3 is 2.79 bits per heavy atom. The molecular weight excluding hydrogens is 198 g/mol. The number of nitrogens with two attached hydrogens (primary N) is 1. The molecule has 1 rings (SSSR count). The van der Waals surface area contributed by atoms with Gasteiger partial charge in [-0.1, -0.05) is 6.92 Å². The smallest absolute Gasteiger partial charge is 0.325 e. The highest BCUT2D eigenvalue weighted by atomic mass is 32.2. The van der Waals surface area contributed by atoms with Crippen molar-refractivity contribution in [2.45, 2.75) is 37.0 Å². The molecule has 4 heteroatoms. The molecule has 0 bridgehead atoms. The van der Waals surface area contributed by atoms with Gasteiger partial charge >= 0.3 is 5.97 Å². The minimum atomic E-state index is -0.741. The average molecular weight is 217 g/mol. The summed E-state index contributed by atoms with van der Waals surface area (Å²) in [6.07, 6.45) is 4.57. The van der Waals surface area contributed by atoms with Crippen LogP contribution in [0, 0.1) is 5.92 Å². The van der Waals surface area contributed by atoms with Crippen LogP contribution in [0.4, 0.5) is 0 Å². The van der Waals surface area contributed by atoms with E-state index in [1.54, 1.807) is 11.8 Å². The average Bonchev–Trinajstić information content (AvgIpc) is 2.20. The predicted octanol–water partition coefficient (Wildman–Crippen LogP) is 1.41. The van der Waals surface area contributed by atoms with Crippen molar-refractivity contribution < 1.29 is 9.53 Å². The summed E-state index contributed by atoms with van der Waals surface area (Å²) >= 11 is 1.80. The summed E-state index contributed by atoms with van der Waals surface area (Å²) in [4.78, 5) is 11.5. The van der Waals surface area contributed by atoms with Crippen LogP contribution >= 0.6 is 11.8 Å². The molecule has 3 atom stereocenters. The largest absolute Gasteiger partial charge is 0.468 e. The fraction of sp³-hybridized carbons (Fsp3) is 0.900. The lowest BCUT2D eigenvalue weighted by molar-refractivity contribution is -0.148. The molecule has 82 valence electrons. The molecule has 3 nitrogen and oxygen atoms in total. The third kappa shape index (κ3) is 2.23. The van der Waals surface area contributed by atoms with Crippen molar-refractivity contribution >= 4 is 17.7 Å². The first-order chi connectivity index (χ1) is 6.53. The maximum absolute atomic E-state index is 11.5. The van der Waals surface area contributed by atoms with Gasteiger partial charge in [0.25, 0.3) is 0 Å². The van der Waals surface area contributed by atoms with Crippen LogP contribution in [0.2, 0.25) is 0 Å². The fourth-order valence-corrected chi connectivity index (χ4v) is 3.10. The molecule has 3 unspecified atom stereocenters. The number of ether oxygens (including phenoxy) is 1. The number of esters is 1. The summed E-state index contributed by atoms with van der Waals surface area (Å²) in [6.45, 7) is 2.22. The summed E-state index contributed by atoms with van der Waals surface area (Å²) in [5, 5.41) is 0.479. The van der Waals surface area contributed by atoms with E-state index in [0.29, 0.717) is 11.2 Å². The van der Waals surface area contributed by atoms with Gasteiger partial charge in [-0.05, 0) is 31.4 Å². The second-order valence-electron chi connectivity index (χ2n) is 4.14. The molecular formula is C10H19NO2S. The minimum absolute atomic E-state index is 0.261. The number of hydrogen-bond donors (Lipinski definition) is 1. The number of methoxy groups -OCH3 is 1. The third-order valence-corrected chi connectivity index (χ3v) is 4.38. The van der Waals surface area contributed by atoms with E-state index in [0.717, 1.165) is 19.3 Å². The van der Waals surface area contributed by atoms with Gasteiger partial charge in [-0.15, -0.1) is 0 Å². The predicted molar refractivity (Wildman–Crippen MR) is 59.3 cm³/mol. The Labute approximate surface area is 89.8 Å². The van der Waals surface area contributed by atoms with E-state index in [1.807, 2.05) is 0 Å². The van der Waals surface area contributed by atoms with Crippen molar-refractivity contribution in [3.8, 4) is 0 Å². The zero-order valence-electron chi connectivity index (χ0n) is 9.08. The van der Waals surface area contributed by atoms with E-state index in [-0.39, 0.29) is 5.97 Å². The van der Waals surface area contributed by atoms with Crippen molar-refractivity contribution in [1.82, 2.24) is 0 Å². The van der Waals surface area contributed by atoms with Gasteiger partial charge in [0.2, 0.25) is 0 Å². The van der Waals surface area contributed by atoms with Gasteiger partial charge in [0.1, 0.15) is 5.54 Å². The zero-order chi connectivity index (χ0) is 10.8. The lowest BCUT2D eigenvalue weighted by Gasteiger charge is -2.38. The summed E-state index contributed by atoms with van der Waals surface area (Å²) in [6, 6.07) is 0. The first-order valence-electron chi connectivity index (χ1n) is 4.93. The fourth-order valence-electron chi connectivity index (χ4n) is 2.04. The van der Waals surface area contributed by atoms with Crippen LogP contribution in [0.5, 0.6) is 0 Å². The highest BCUT2D eigenvalue weighted by molar-refractivity contribution is 7.99. The van der Waals surface area contributed by atoms with Gasteiger partial charge < -0.3 is 10.5 Å². The van der Waals surface area contributed by atoms with Crippen molar-refractivity contribution in [3.63, 3.8) is 0 Å². The van der Waals surface area contributed by atoms with Gasteiger partial charge in [0.05, 0.1) is 7.11 Å². The van der Waals surface area contributed by atoms with Crippen LogP contribution in [0.1, 0.15) is 26.2 Å². The second-order valence-corrected chi connectivity index (χ2v) is 5.22. The topological polar surface area (TPSA) is 52.3 Å². The highest BCUT2D eigenvalue weighted by Gasteiger charge is 2.42. The minimum Gasteiger partial charge on any atom is -0.468 e. The van der Waals surface area contributed by atoms with Gasteiger partial charge in [0.15, 0.2) is 0 Å². The standard InChI is InChI=1S/C10H19NO2S/c1-7-4-5-10(11,9(12)13-2)6-8(7)14-3/h7-8H,4-6,11H2,1-3H3. The number of carbonyl (C=O) groups is 1. The van der Waals surface area contributed by atoms with Crippen LogP contribution in [-0.4, -0.2) is 30.1 Å². The van der Waals surface area contributed by atoms with E-state index in [4.69, 9.17) is 10.5 Å². The van der Waals surface area contributed by atoms with Crippen molar-refractivity contribution in [2.24, 2.45) is 11.7 Å². The van der Waals surface area contributed by atoms with E-state index >= 15 is 0 Å². The quantitative estimate of drug-likeness (QED) is 0.711. The Bertz CT molecular complexity index is 222. The van der Waals surface area contributed by atoms with E-state index < -0.39 is 5.54 Å². The molecule has 14 heavy (non-hydrogen) atoms. The number of carbonyl (C=O) groups excluding carboxylic acids is 1.